The summed E-state index contributed by atoms with van der Waals surface area (Å²) in [6, 6.07) is 18.2. The lowest BCUT2D eigenvalue weighted by molar-refractivity contribution is -0.167. The number of rotatable bonds is 8. The molecular weight excluding hydrogens is 557 g/mol. The zero-order valence-corrected chi connectivity index (χ0v) is 24.6. The molecule has 0 saturated carbocycles. The molecule has 0 unspecified atom stereocenters. The highest BCUT2D eigenvalue weighted by molar-refractivity contribution is 6.31. The van der Waals surface area contributed by atoms with Crippen molar-refractivity contribution in [3.05, 3.63) is 93.9 Å². The molecule has 9 heteroatoms. The zero-order chi connectivity index (χ0) is 29.6. The van der Waals surface area contributed by atoms with E-state index in [9.17, 15) is 14.0 Å². The maximum absolute atomic E-state index is 14.7. The Labute approximate surface area is 249 Å². The van der Waals surface area contributed by atoms with Crippen molar-refractivity contribution in [1.29, 1.82) is 0 Å². The maximum atomic E-state index is 14.7. The lowest BCUT2D eigenvalue weighted by Gasteiger charge is -2.51. The summed E-state index contributed by atoms with van der Waals surface area (Å²) in [7, 11) is 0. The van der Waals surface area contributed by atoms with E-state index in [1.54, 1.807) is 17.9 Å². The summed E-state index contributed by atoms with van der Waals surface area (Å²) in [6.45, 7) is 6.84. The van der Waals surface area contributed by atoms with Crippen LogP contribution in [-0.4, -0.2) is 52.9 Å². The molecule has 2 amide bonds. The zero-order valence-electron chi connectivity index (χ0n) is 23.9. The van der Waals surface area contributed by atoms with E-state index in [1.165, 1.54) is 17.0 Å². The Balaban J connectivity index is 1.47. The molecule has 2 atom stereocenters. The average Bonchev–Trinajstić information content (AvgIpc) is 3.38. The topological polar surface area (TPSA) is 74.9 Å². The summed E-state index contributed by atoms with van der Waals surface area (Å²) < 4.78 is 26.6. The van der Waals surface area contributed by atoms with Crippen LogP contribution in [0.5, 0.6) is 11.5 Å². The third kappa shape index (κ3) is 4.49. The minimum atomic E-state index is -1.31. The summed E-state index contributed by atoms with van der Waals surface area (Å²) in [5.74, 6) is 0.0775. The number of hydrogen-bond donors (Lipinski definition) is 1. The summed E-state index contributed by atoms with van der Waals surface area (Å²) in [4.78, 5) is 34.7. The van der Waals surface area contributed by atoms with E-state index in [-0.39, 0.29) is 41.4 Å². The summed E-state index contributed by atoms with van der Waals surface area (Å²) in [5, 5.41) is 1.20. The monoisotopic (exact) mass is 589 g/mol. The largest absolute Gasteiger partial charge is 0.490 e. The predicted octanol–water partition coefficient (Wildman–Crippen LogP) is 6.38. The fraction of sp³-hybridized carbons (Fsp3) is 0.333. The first-order chi connectivity index (χ1) is 20.3. The number of aromatic amines is 1. The number of para-hydroxylation sites is 1. The second kappa shape index (κ2) is 11.0. The molecule has 4 aromatic rings. The van der Waals surface area contributed by atoms with Crippen molar-refractivity contribution in [1.82, 2.24) is 14.8 Å². The molecule has 1 aromatic heterocycles. The fourth-order valence-corrected chi connectivity index (χ4v) is 6.54. The number of carbonyl (C=O) groups excluding carboxylic acids is 2. The number of H-pyrrole nitrogens is 1. The Morgan fingerprint density at radius 2 is 1.86 bits per heavy atom. The number of ether oxygens (including phenoxy) is 2. The van der Waals surface area contributed by atoms with E-state index in [0.717, 1.165) is 28.5 Å². The minimum Gasteiger partial charge on any atom is -0.490 e. The molecule has 2 aliphatic rings. The molecule has 0 bridgehead atoms. The molecular formula is C33H33ClFN3O4. The molecule has 0 spiro atoms. The van der Waals surface area contributed by atoms with Gasteiger partial charge in [0.2, 0.25) is 5.91 Å². The van der Waals surface area contributed by atoms with Gasteiger partial charge in [0.15, 0.2) is 17.0 Å². The normalized spacial score (nSPS) is 20.1. The number of benzene rings is 3. The number of aromatic nitrogens is 1. The number of piperazine rings is 1. The second-order valence-electron chi connectivity index (χ2n) is 10.9. The van der Waals surface area contributed by atoms with Crippen LogP contribution >= 0.6 is 11.6 Å². The van der Waals surface area contributed by atoms with Crippen LogP contribution in [0, 0.1) is 5.82 Å². The Hall–Kier alpha value is -4.04. The molecule has 3 heterocycles. The SMILES string of the molecule is CCCOc1ccc([C@@H]2CN3C(=O)CN(Cc4c(F)cccc4Cl)C(=O)[C@]3(C)c3[nH]c4ccccc4c32)cc1OCC. The first-order valence-corrected chi connectivity index (χ1v) is 14.7. The van der Waals surface area contributed by atoms with Crippen LogP contribution in [0.15, 0.2) is 60.7 Å². The average molecular weight is 590 g/mol. The molecule has 6 rings (SSSR count). The molecule has 42 heavy (non-hydrogen) atoms. The molecule has 1 N–H and O–H groups in total. The maximum Gasteiger partial charge on any atom is 0.255 e. The molecule has 1 saturated heterocycles. The lowest BCUT2D eigenvalue weighted by atomic mass is 9.76. The van der Waals surface area contributed by atoms with Crippen LogP contribution in [0.25, 0.3) is 10.9 Å². The molecule has 3 aromatic carbocycles. The third-order valence-corrected chi connectivity index (χ3v) is 8.71. The van der Waals surface area contributed by atoms with Crippen LogP contribution in [0.4, 0.5) is 4.39 Å². The van der Waals surface area contributed by atoms with Gasteiger partial charge in [0, 0.05) is 34.0 Å². The van der Waals surface area contributed by atoms with Gasteiger partial charge in [-0.2, -0.15) is 0 Å². The number of halogens is 2. The minimum absolute atomic E-state index is 0.102. The number of fused-ring (bicyclic) bond motifs is 5. The van der Waals surface area contributed by atoms with Crippen LogP contribution in [-0.2, 0) is 21.7 Å². The lowest BCUT2D eigenvalue weighted by Crippen LogP contribution is -2.67. The van der Waals surface area contributed by atoms with Crippen molar-refractivity contribution < 1.29 is 23.5 Å². The van der Waals surface area contributed by atoms with E-state index in [1.807, 2.05) is 49.4 Å². The molecule has 7 nitrogen and oxygen atoms in total. The van der Waals surface area contributed by atoms with Crippen LogP contribution in [0.3, 0.4) is 0 Å². The first kappa shape index (κ1) is 28.1. The first-order valence-electron chi connectivity index (χ1n) is 14.3. The fourth-order valence-electron chi connectivity index (χ4n) is 6.32. The smallest absolute Gasteiger partial charge is 0.255 e. The summed E-state index contributed by atoms with van der Waals surface area (Å²) in [5.41, 5.74) is 2.32. The molecule has 2 aliphatic heterocycles. The van der Waals surface area contributed by atoms with Gasteiger partial charge in [-0.1, -0.05) is 48.9 Å². The van der Waals surface area contributed by atoms with Gasteiger partial charge in [-0.15, -0.1) is 0 Å². The number of amides is 2. The van der Waals surface area contributed by atoms with Gasteiger partial charge >= 0.3 is 0 Å². The van der Waals surface area contributed by atoms with Crippen LogP contribution in [0.2, 0.25) is 5.02 Å². The second-order valence-corrected chi connectivity index (χ2v) is 11.3. The van der Waals surface area contributed by atoms with E-state index in [2.05, 4.69) is 11.9 Å². The Morgan fingerprint density at radius 3 is 2.62 bits per heavy atom. The molecule has 1 fully saturated rings. The number of hydrogen-bond acceptors (Lipinski definition) is 4. The quantitative estimate of drug-likeness (QED) is 0.259. The third-order valence-electron chi connectivity index (χ3n) is 8.36. The van der Waals surface area contributed by atoms with Gasteiger partial charge in [0.25, 0.3) is 5.91 Å². The van der Waals surface area contributed by atoms with Crippen LogP contribution in [0.1, 0.15) is 55.5 Å². The highest BCUT2D eigenvalue weighted by atomic mass is 35.5. The van der Waals surface area contributed by atoms with Gasteiger partial charge in [0.1, 0.15) is 12.4 Å². The standard InChI is InChI=1S/C33H33ClFN3O4/c1-4-15-42-27-14-13-20(16-28(27)41-5-2)22-18-38-29(39)19-37(17-23-24(34)10-8-11-25(23)35)32(40)33(38,3)31-30(22)21-9-6-7-12-26(21)36-31/h6-14,16,22,36H,4-5,15,17-19H2,1-3H3/t22-,33-/m0/s1. The molecule has 0 aliphatic carbocycles. The van der Waals surface area contributed by atoms with E-state index < -0.39 is 11.4 Å². The molecule has 0 radical (unpaired) electrons. The van der Waals surface area contributed by atoms with Gasteiger partial charge in [-0.3, -0.25) is 9.59 Å². The van der Waals surface area contributed by atoms with Crippen molar-refractivity contribution in [3.63, 3.8) is 0 Å². The Bertz CT molecular complexity index is 1670. The highest BCUT2D eigenvalue weighted by Gasteiger charge is 2.56. The summed E-state index contributed by atoms with van der Waals surface area (Å²) in [6.07, 6.45) is 0.873. The highest BCUT2D eigenvalue weighted by Crippen LogP contribution is 2.49. The van der Waals surface area contributed by atoms with Crippen molar-refractivity contribution >= 4 is 34.3 Å². The van der Waals surface area contributed by atoms with Gasteiger partial charge in [0.05, 0.1) is 25.5 Å². The number of nitrogens with zero attached hydrogens (tertiary/aromatic N) is 2. The Kier molecular flexibility index (Phi) is 7.35. The van der Waals surface area contributed by atoms with Crippen molar-refractivity contribution in [2.75, 3.05) is 26.3 Å². The number of carbonyl (C=O) groups is 2. The van der Waals surface area contributed by atoms with E-state index in [4.69, 9.17) is 21.1 Å². The van der Waals surface area contributed by atoms with Gasteiger partial charge in [-0.05, 0) is 61.7 Å². The van der Waals surface area contributed by atoms with Crippen LogP contribution < -0.4 is 9.47 Å². The van der Waals surface area contributed by atoms with E-state index in [0.29, 0.717) is 37.0 Å². The van der Waals surface area contributed by atoms with Crippen molar-refractivity contribution in [2.45, 2.75) is 45.2 Å². The van der Waals surface area contributed by atoms with Gasteiger partial charge in [-0.25, -0.2) is 4.39 Å². The van der Waals surface area contributed by atoms with Crippen molar-refractivity contribution in [2.24, 2.45) is 0 Å². The van der Waals surface area contributed by atoms with E-state index >= 15 is 0 Å². The van der Waals surface area contributed by atoms with Gasteiger partial charge < -0.3 is 24.3 Å². The predicted molar refractivity (Wildman–Crippen MR) is 159 cm³/mol. The Morgan fingerprint density at radius 1 is 1.05 bits per heavy atom. The molecule has 218 valence electrons. The van der Waals surface area contributed by atoms with Crippen molar-refractivity contribution in [3.8, 4) is 11.5 Å². The summed E-state index contributed by atoms with van der Waals surface area (Å²) >= 11 is 6.30. The number of nitrogens with one attached hydrogen (secondary N) is 1.